The minimum atomic E-state index is -1.17. The standard InChI is InChI=1S/C48H76N4O5/c1-31(2)39-34(53)28-47(23-25-52(27-26-51(11)12)32(3)33-14-13-24-50-30-33)22-21-46(10)45(9)19-15-35-43(6,7)37(57-38(54)29-42(4,5)41(55)56)17-18-44(35,8)36(45)16-20-48(46,49)40(39)47/h13-14,24,30-32,35-37H,15-23,25-29,49H2,1-12H3,(H,55,56)/t32-,35+,36-,37+,44+,45?,46+,47?,48+/m1/s1. The van der Waals surface area contributed by atoms with Crippen molar-refractivity contribution in [2.45, 2.75) is 158 Å². The molecule has 0 amide bonds. The predicted molar refractivity (Wildman–Crippen MR) is 226 cm³/mol. The van der Waals surface area contributed by atoms with Crippen LogP contribution in [0.3, 0.4) is 0 Å². The first-order valence-electron chi connectivity index (χ1n) is 22.2. The number of pyridine rings is 1. The molecule has 9 atom stereocenters. The molecule has 2 unspecified atom stereocenters. The van der Waals surface area contributed by atoms with Crippen molar-refractivity contribution in [3.63, 3.8) is 0 Å². The Morgan fingerprint density at radius 1 is 0.965 bits per heavy atom. The molecule has 6 rings (SSSR count). The van der Waals surface area contributed by atoms with Gasteiger partial charge >= 0.3 is 11.9 Å². The number of fused-ring (bicyclic) bond motifs is 7. The lowest BCUT2D eigenvalue weighted by atomic mass is 9.31. The molecule has 4 fully saturated rings. The SMILES string of the molecule is CC(C)C1=C2C(CCN(CCN(C)C)[C@H](C)c3cccnc3)(CC[C@@]3(C)C4(C)CC[C@H]5C(C)(C)[C@@H](OC(=O)CC(C)(C)C(=O)O)CC[C@]5(C)[C@H]4CC[C@]23N)CC1=O. The van der Waals surface area contributed by atoms with Gasteiger partial charge in [0.1, 0.15) is 6.10 Å². The molecule has 1 aromatic heterocycles. The largest absolute Gasteiger partial charge is 0.481 e. The molecule has 0 aromatic carbocycles. The fourth-order valence-electron chi connectivity index (χ4n) is 14.1. The maximum atomic E-state index is 14.4. The van der Waals surface area contributed by atoms with Crippen molar-refractivity contribution in [2.75, 3.05) is 33.7 Å². The topological polar surface area (TPSA) is 126 Å². The molecule has 9 heteroatoms. The molecule has 0 radical (unpaired) electrons. The Morgan fingerprint density at radius 3 is 2.26 bits per heavy atom. The fourth-order valence-corrected chi connectivity index (χ4v) is 14.1. The van der Waals surface area contributed by atoms with Crippen LogP contribution in [0, 0.1) is 50.2 Å². The van der Waals surface area contributed by atoms with E-state index in [-0.39, 0.29) is 51.6 Å². The van der Waals surface area contributed by atoms with E-state index >= 15 is 0 Å². The van der Waals surface area contributed by atoms with Crippen LogP contribution in [0.25, 0.3) is 0 Å². The molecule has 0 saturated heterocycles. The van der Waals surface area contributed by atoms with Gasteiger partial charge in [-0.3, -0.25) is 24.3 Å². The first-order chi connectivity index (χ1) is 26.4. The number of carboxylic acid groups (broad SMARTS) is 1. The third-order valence-electron chi connectivity index (χ3n) is 17.7. The average molecular weight is 789 g/mol. The second-order valence-corrected chi connectivity index (χ2v) is 22.0. The zero-order valence-corrected chi connectivity index (χ0v) is 37.6. The van der Waals surface area contributed by atoms with E-state index in [1.54, 1.807) is 13.8 Å². The second kappa shape index (κ2) is 15.1. The lowest BCUT2D eigenvalue weighted by molar-refractivity contribution is -0.237. The van der Waals surface area contributed by atoms with E-state index in [0.717, 1.165) is 83.0 Å². The third-order valence-corrected chi connectivity index (χ3v) is 17.7. The summed E-state index contributed by atoms with van der Waals surface area (Å²) >= 11 is 0. The van der Waals surface area contributed by atoms with Gasteiger partial charge < -0.3 is 20.5 Å². The van der Waals surface area contributed by atoms with Gasteiger partial charge in [-0.15, -0.1) is 0 Å². The fraction of sp³-hybridized carbons (Fsp3) is 0.792. The Labute approximate surface area is 344 Å². The van der Waals surface area contributed by atoms with Crippen LogP contribution < -0.4 is 5.73 Å². The zero-order valence-electron chi connectivity index (χ0n) is 37.6. The van der Waals surface area contributed by atoms with Crippen molar-refractivity contribution in [1.29, 1.82) is 0 Å². The molecule has 0 spiro atoms. The molecule has 1 aromatic rings. The smallest absolute Gasteiger partial charge is 0.309 e. The Morgan fingerprint density at radius 2 is 1.65 bits per heavy atom. The maximum Gasteiger partial charge on any atom is 0.309 e. The number of aromatic nitrogens is 1. The highest BCUT2D eigenvalue weighted by Gasteiger charge is 2.74. The highest BCUT2D eigenvalue weighted by atomic mass is 16.5. The Bertz CT molecular complexity index is 1740. The lowest BCUT2D eigenvalue weighted by Crippen LogP contribution is -2.74. The normalized spacial score (nSPS) is 36.8. The number of carbonyl (C=O) groups is 3. The van der Waals surface area contributed by atoms with Gasteiger partial charge in [0.25, 0.3) is 0 Å². The van der Waals surface area contributed by atoms with E-state index in [9.17, 15) is 19.5 Å². The summed E-state index contributed by atoms with van der Waals surface area (Å²) in [6.45, 7) is 24.8. The number of nitrogens with zero attached hydrogens (tertiary/aromatic N) is 3. The van der Waals surface area contributed by atoms with Crippen molar-refractivity contribution in [1.82, 2.24) is 14.8 Å². The van der Waals surface area contributed by atoms with Gasteiger partial charge in [-0.1, -0.05) is 54.5 Å². The van der Waals surface area contributed by atoms with Gasteiger partial charge in [0.2, 0.25) is 0 Å². The third kappa shape index (κ3) is 7.05. The van der Waals surface area contributed by atoms with Crippen molar-refractivity contribution < 1.29 is 24.2 Å². The molecule has 0 aliphatic heterocycles. The zero-order chi connectivity index (χ0) is 42.1. The van der Waals surface area contributed by atoms with Crippen LogP contribution in [0.2, 0.25) is 0 Å². The number of carboxylic acids is 1. The number of ketones is 1. The summed E-state index contributed by atoms with van der Waals surface area (Å²) in [5, 5.41) is 9.66. The molecular weight excluding hydrogens is 713 g/mol. The van der Waals surface area contributed by atoms with E-state index in [2.05, 4.69) is 90.3 Å². The van der Waals surface area contributed by atoms with Crippen LogP contribution in [-0.4, -0.2) is 83.0 Å². The summed E-state index contributed by atoms with van der Waals surface area (Å²) in [6, 6.07) is 4.41. The van der Waals surface area contributed by atoms with Crippen LogP contribution in [-0.2, 0) is 19.1 Å². The number of ether oxygens (including phenoxy) is 1. The van der Waals surface area contributed by atoms with Crippen molar-refractivity contribution in [3.05, 3.63) is 41.2 Å². The summed E-state index contributed by atoms with van der Waals surface area (Å²) in [5.41, 5.74) is 9.32. The Balaban J connectivity index is 1.30. The average Bonchev–Trinajstić information content (AvgIpc) is 3.43. The van der Waals surface area contributed by atoms with Gasteiger partial charge in [0, 0.05) is 54.3 Å². The van der Waals surface area contributed by atoms with Crippen LogP contribution in [0.15, 0.2) is 35.7 Å². The monoisotopic (exact) mass is 789 g/mol. The molecular formula is C48H76N4O5. The summed E-state index contributed by atoms with van der Waals surface area (Å²) in [4.78, 5) is 48.7. The summed E-state index contributed by atoms with van der Waals surface area (Å²) in [6.07, 6.45) is 12.7. The first-order valence-corrected chi connectivity index (χ1v) is 22.2. The number of rotatable bonds is 13. The van der Waals surface area contributed by atoms with E-state index in [1.165, 1.54) is 11.1 Å². The number of allylic oxidation sites excluding steroid dienone is 1. The molecule has 4 saturated carbocycles. The van der Waals surface area contributed by atoms with Crippen molar-refractivity contribution in [3.8, 4) is 0 Å². The molecule has 3 N–H and O–H groups in total. The van der Waals surface area contributed by atoms with Gasteiger partial charge in [0.15, 0.2) is 5.78 Å². The highest BCUT2D eigenvalue weighted by Crippen LogP contribution is 2.77. The van der Waals surface area contributed by atoms with Gasteiger partial charge in [0.05, 0.1) is 11.8 Å². The van der Waals surface area contributed by atoms with E-state index in [1.807, 2.05) is 18.5 Å². The second-order valence-electron chi connectivity index (χ2n) is 22.0. The highest BCUT2D eigenvalue weighted by molar-refractivity contribution is 6.01. The predicted octanol–water partition coefficient (Wildman–Crippen LogP) is 8.87. The summed E-state index contributed by atoms with van der Waals surface area (Å²) in [7, 11) is 4.27. The van der Waals surface area contributed by atoms with Gasteiger partial charge in [-0.05, 0) is 156 Å². The summed E-state index contributed by atoms with van der Waals surface area (Å²) < 4.78 is 6.21. The number of likely N-dealkylation sites (N-methyl/N-ethyl adjacent to an activating group) is 1. The molecule has 9 nitrogen and oxygen atoms in total. The van der Waals surface area contributed by atoms with Crippen molar-refractivity contribution >= 4 is 17.7 Å². The minimum Gasteiger partial charge on any atom is -0.481 e. The number of Topliss-reactive ketones (excluding diaryl/α,β-unsaturated/α-hetero) is 1. The molecule has 1 heterocycles. The van der Waals surface area contributed by atoms with Crippen LogP contribution in [0.1, 0.15) is 151 Å². The van der Waals surface area contributed by atoms with E-state index in [0.29, 0.717) is 24.0 Å². The van der Waals surface area contributed by atoms with Gasteiger partial charge in [-0.2, -0.15) is 0 Å². The maximum absolute atomic E-state index is 14.4. The van der Waals surface area contributed by atoms with Crippen LogP contribution in [0.4, 0.5) is 0 Å². The molecule has 5 aliphatic carbocycles. The van der Waals surface area contributed by atoms with E-state index in [4.69, 9.17) is 10.5 Å². The quantitative estimate of drug-likeness (QED) is 0.189. The summed E-state index contributed by atoms with van der Waals surface area (Å²) in [5.74, 6) is -0.164. The number of nitrogens with two attached hydrogens (primary N) is 1. The van der Waals surface area contributed by atoms with Gasteiger partial charge in [-0.25, -0.2) is 0 Å². The Kier molecular flexibility index (Phi) is 11.7. The number of hydrogen-bond acceptors (Lipinski definition) is 8. The number of aliphatic carboxylic acids is 1. The molecule has 318 valence electrons. The Hall–Kier alpha value is -2.62. The number of hydrogen-bond donors (Lipinski definition) is 2. The number of esters is 1. The van der Waals surface area contributed by atoms with Crippen LogP contribution >= 0.6 is 0 Å². The molecule has 57 heavy (non-hydrogen) atoms. The molecule has 0 bridgehead atoms. The molecule has 5 aliphatic rings. The van der Waals surface area contributed by atoms with E-state index < -0.39 is 22.9 Å². The first kappa shape index (κ1) is 43.9. The van der Waals surface area contributed by atoms with Crippen LogP contribution in [0.5, 0.6) is 0 Å². The minimum absolute atomic E-state index is 0.0319. The van der Waals surface area contributed by atoms with Crippen molar-refractivity contribution in [2.24, 2.45) is 56.0 Å². The number of carbonyl (C=O) groups excluding carboxylic acids is 2. The lowest BCUT2D eigenvalue weighted by Gasteiger charge is -2.74.